The van der Waals surface area contributed by atoms with E-state index in [2.05, 4.69) is 0 Å². The number of nitrogens with zero attached hydrogens (tertiary/aromatic N) is 1. The highest BCUT2D eigenvalue weighted by Crippen LogP contribution is 2.47. The molecule has 33 heavy (non-hydrogen) atoms. The first kappa shape index (κ1) is 21.5. The van der Waals surface area contributed by atoms with E-state index in [9.17, 15) is 18.0 Å². The van der Waals surface area contributed by atoms with Crippen molar-refractivity contribution in [3.05, 3.63) is 114 Å². The summed E-state index contributed by atoms with van der Waals surface area (Å²) in [6.07, 6.45) is 3.52. The van der Waals surface area contributed by atoms with Crippen LogP contribution in [0.1, 0.15) is 26.3 Å². The lowest BCUT2D eigenvalue weighted by Gasteiger charge is -2.24. The van der Waals surface area contributed by atoms with Gasteiger partial charge in [-0.15, -0.1) is 0 Å². The molecule has 6 heteroatoms. The molecule has 2 aliphatic heterocycles. The zero-order valence-electron chi connectivity index (χ0n) is 18.0. The van der Waals surface area contributed by atoms with E-state index < -0.39 is 33.9 Å². The van der Waals surface area contributed by atoms with Crippen molar-refractivity contribution in [2.75, 3.05) is 0 Å². The third-order valence-corrected chi connectivity index (χ3v) is 8.44. The molecule has 2 bridgehead atoms. The van der Waals surface area contributed by atoms with Gasteiger partial charge in [0.1, 0.15) is 0 Å². The van der Waals surface area contributed by atoms with E-state index in [4.69, 9.17) is 0 Å². The van der Waals surface area contributed by atoms with Crippen LogP contribution in [0.15, 0.2) is 102 Å². The molecule has 1 saturated heterocycles. The number of rotatable bonds is 6. The standard InChI is InChI=1S/C27H23NO4S/c1-18-12-14-21(15-13-18)33(31,32)28-22-16-17-23(28)25(27(30)20-10-6-3-7-11-20)24(22)26(29)19-8-4-2-5-9-19/h2-17,22-25H,1H3/t22-,23+,24-,25-/m1/s1. The molecule has 0 aromatic heterocycles. The predicted octanol–water partition coefficient (Wildman–Crippen LogP) is 4.30. The maximum atomic E-state index is 13.7. The highest BCUT2D eigenvalue weighted by atomic mass is 32.2. The molecule has 0 aliphatic carbocycles. The highest BCUT2D eigenvalue weighted by Gasteiger charge is 2.59. The number of carbonyl (C=O) groups excluding carboxylic acids is 2. The Morgan fingerprint density at radius 2 is 1.09 bits per heavy atom. The van der Waals surface area contributed by atoms with Crippen LogP contribution in [0.2, 0.25) is 0 Å². The number of hydrogen-bond acceptors (Lipinski definition) is 4. The van der Waals surface area contributed by atoms with Crippen LogP contribution >= 0.6 is 0 Å². The normalized spacial score (nSPS) is 24.2. The van der Waals surface area contributed by atoms with Crippen molar-refractivity contribution in [2.45, 2.75) is 23.9 Å². The number of ketones is 2. The molecular weight excluding hydrogens is 434 g/mol. The summed E-state index contributed by atoms with van der Waals surface area (Å²) in [7, 11) is -3.92. The summed E-state index contributed by atoms with van der Waals surface area (Å²) in [5.41, 5.74) is 1.90. The van der Waals surface area contributed by atoms with Crippen molar-refractivity contribution in [1.29, 1.82) is 0 Å². The Bertz CT molecular complexity index is 1260. The number of aryl methyl sites for hydroxylation is 1. The fraction of sp³-hybridized carbons (Fsp3) is 0.185. The third kappa shape index (κ3) is 3.56. The molecule has 0 amide bonds. The molecule has 5 nitrogen and oxygen atoms in total. The van der Waals surface area contributed by atoms with E-state index in [0.717, 1.165) is 5.56 Å². The van der Waals surface area contributed by atoms with Crippen LogP contribution in [-0.4, -0.2) is 36.4 Å². The van der Waals surface area contributed by atoms with E-state index in [0.29, 0.717) is 11.1 Å². The van der Waals surface area contributed by atoms with Gasteiger partial charge in [0, 0.05) is 11.1 Å². The lowest BCUT2D eigenvalue weighted by molar-refractivity contribution is 0.0783. The summed E-state index contributed by atoms with van der Waals surface area (Å²) in [4.78, 5) is 27.4. The smallest absolute Gasteiger partial charge is 0.244 e. The summed E-state index contributed by atoms with van der Waals surface area (Å²) >= 11 is 0. The van der Waals surface area contributed by atoms with Crippen molar-refractivity contribution in [2.24, 2.45) is 11.8 Å². The molecule has 3 aromatic rings. The molecule has 1 fully saturated rings. The molecular formula is C27H23NO4S. The van der Waals surface area contributed by atoms with Crippen LogP contribution in [0.3, 0.4) is 0 Å². The zero-order chi connectivity index (χ0) is 23.2. The van der Waals surface area contributed by atoms with Gasteiger partial charge in [-0.1, -0.05) is 90.5 Å². The summed E-state index contributed by atoms with van der Waals surface area (Å²) in [5, 5.41) is 0. The van der Waals surface area contributed by atoms with Gasteiger partial charge in [-0.05, 0) is 19.1 Å². The highest BCUT2D eigenvalue weighted by molar-refractivity contribution is 7.89. The van der Waals surface area contributed by atoms with E-state index >= 15 is 0 Å². The molecule has 2 heterocycles. The van der Waals surface area contributed by atoms with Crippen LogP contribution in [0.25, 0.3) is 0 Å². The number of sulfonamides is 1. The number of hydrogen-bond donors (Lipinski definition) is 0. The molecule has 0 radical (unpaired) electrons. The lowest BCUT2D eigenvalue weighted by atomic mass is 9.75. The molecule has 3 aromatic carbocycles. The first-order valence-electron chi connectivity index (χ1n) is 10.9. The fourth-order valence-electron chi connectivity index (χ4n) is 4.96. The minimum absolute atomic E-state index is 0.158. The van der Waals surface area contributed by atoms with Crippen LogP contribution in [-0.2, 0) is 10.0 Å². The largest absolute Gasteiger partial charge is 0.294 e. The molecule has 0 spiro atoms. The second-order valence-electron chi connectivity index (χ2n) is 8.53. The number of fused-ring (bicyclic) bond motifs is 2. The predicted molar refractivity (Wildman–Crippen MR) is 125 cm³/mol. The van der Waals surface area contributed by atoms with Crippen molar-refractivity contribution in [3.8, 4) is 0 Å². The van der Waals surface area contributed by atoms with Gasteiger partial charge in [0.2, 0.25) is 10.0 Å². The van der Waals surface area contributed by atoms with Gasteiger partial charge in [-0.2, -0.15) is 4.31 Å². The molecule has 2 aliphatic rings. The van der Waals surface area contributed by atoms with Crippen molar-refractivity contribution >= 4 is 21.6 Å². The van der Waals surface area contributed by atoms with Gasteiger partial charge in [0.05, 0.1) is 28.8 Å². The van der Waals surface area contributed by atoms with Crippen LogP contribution in [0.4, 0.5) is 0 Å². The summed E-state index contributed by atoms with van der Waals surface area (Å²) in [5.74, 6) is -2.03. The molecule has 0 N–H and O–H groups in total. The Kier molecular flexibility index (Phi) is 5.35. The van der Waals surface area contributed by atoms with Crippen LogP contribution in [0, 0.1) is 18.8 Å². The first-order valence-corrected chi connectivity index (χ1v) is 12.3. The maximum absolute atomic E-state index is 13.7. The second-order valence-corrected chi connectivity index (χ2v) is 10.4. The number of carbonyl (C=O) groups is 2. The minimum atomic E-state index is -3.92. The number of benzene rings is 3. The van der Waals surface area contributed by atoms with Crippen LogP contribution < -0.4 is 0 Å². The van der Waals surface area contributed by atoms with Crippen molar-refractivity contribution < 1.29 is 18.0 Å². The summed E-state index contributed by atoms with van der Waals surface area (Å²) < 4.78 is 28.7. The molecule has 0 saturated carbocycles. The van der Waals surface area contributed by atoms with Gasteiger partial charge in [-0.3, -0.25) is 9.59 Å². The minimum Gasteiger partial charge on any atom is -0.294 e. The molecule has 166 valence electrons. The van der Waals surface area contributed by atoms with Crippen molar-refractivity contribution in [1.82, 2.24) is 4.31 Å². The van der Waals surface area contributed by atoms with Gasteiger partial charge < -0.3 is 0 Å². The van der Waals surface area contributed by atoms with E-state index in [1.165, 1.54) is 4.31 Å². The topological polar surface area (TPSA) is 71.5 Å². The quantitative estimate of drug-likeness (QED) is 0.409. The molecule has 0 unspecified atom stereocenters. The molecule has 5 rings (SSSR count). The molecule has 4 atom stereocenters. The average Bonchev–Trinajstić information content (AvgIpc) is 3.42. The zero-order valence-corrected chi connectivity index (χ0v) is 18.9. The fourth-order valence-corrected chi connectivity index (χ4v) is 6.72. The van der Waals surface area contributed by atoms with Gasteiger partial charge >= 0.3 is 0 Å². The van der Waals surface area contributed by atoms with E-state index in [1.54, 1.807) is 84.9 Å². The van der Waals surface area contributed by atoms with E-state index in [-0.39, 0.29) is 16.5 Å². The Morgan fingerprint density at radius 3 is 1.52 bits per heavy atom. The summed E-state index contributed by atoms with van der Waals surface area (Å²) in [6, 6.07) is 22.8. The Hall–Kier alpha value is -3.35. The van der Waals surface area contributed by atoms with Gasteiger partial charge in [0.15, 0.2) is 11.6 Å². The van der Waals surface area contributed by atoms with Gasteiger partial charge in [-0.25, -0.2) is 8.42 Å². The Balaban J connectivity index is 1.61. The Labute approximate surface area is 193 Å². The maximum Gasteiger partial charge on any atom is 0.244 e. The second kappa shape index (κ2) is 8.21. The monoisotopic (exact) mass is 457 g/mol. The first-order chi connectivity index (χ1) is 15.9. The average molecular weight is 458 g/mol. The van der Waals surface area contributed by atoms with Crippen LogP contribution in [0.5, 0.6) is 0 Å². The van der Waals surface area contributed by atoms with E-state index in [1.807, 2.05) is 19.1 Å². The lowest BCUT2D eigenvalue weighted by Crippen LogP contribution is -2.38. The number of Topliss-reactive ketones (excluding diaryl/α,β-unsaturated/α-hetero) is 2. The third-order valence-electron chi connectivity index (χ3n) is 6.53. The van der Waals surface area contributed by atoms with Crippen molar-refractivity contribution in [3.63, 3.8) is 0 Å². The van der Waals surface area contributed by atoms with Gasteiger partial charge in [0.25, 0.3) is 0 Å². The summed E-state index contributed by atoms with van der Waals surface area (Å²) in [6.45, 7) is 1.89. The SMILES string of the molecule is Cc1ccc(S(=O)(=O)N2[C@@H]3C=C[C@H]2[C@@H](C(=O)c2ccccc2)[C@@H]3C(=O)c2ccccc2)cc1. The Morgan fingerprint density at radius 1 is 0.667 bits per heavy atom.